The molecule has 0 saturated carbocycles. The van der Waals surface area contributed by atoms with Gasteiger partial charge in [0.25, 0.3) is 0 Å². The maximum absolute atomic E-state index is 13.4. The van der Waals surface area contributed by atoms with E-state index in [2.05, 4.69) is 0 Å². The van der Waals surface area contributed by atoms with E-state index in [0.717, 1.165) is 23.1 Å². The highest BCUT2D eigenvalue weighted by atomic mass is 16.6. The van der Waals surface area contributed by atoms with Crippen LogP contribution in [0.4, 0.5) is 0 Å². The smallest absolute Gasteiger partial charge is 0.313 e. The van der Waals surface area contributed by atoms with Crippen molar-refractivity contribution in [1.29, 1.82) is 0 Å². The predicted octanol–water partition coefficient (Wildman–Crippen LogP) is 6.43. The number of carbonyl (C=O) groups is 3. The largest absolute Gasteiger partial charge is 0.460 e. The Morgan fingerprint density at radius 2 is 1.53 bits per heavy atom. The molecule has 0 spiro atoms. The molecule has 0 amide bonds. The normalized spacial score (nSPS) is 15.8. The van der Waals surface area contributed by atoms with E-state index in [0.29, 0.717) is 36.0 Å². The van der Waals surface area contributed by atoms with Crippen LogP contribution in [0.25, 0.3) is 0 Å². The Bertz CT molecular complexity index is 1110. The van der Waals surface area contributed by atoms with Crippen LogP contribution < -0.4 is 0 Å². The summed E-state index contributed by atoms with van der Waals surface area (Å²) in [6.07, 6.45) is 4.44. The van der Waals surface area contributed by atoms with Crippen LogP contribution >= 0.6 is 0 Å². The van der Waals surface area contributed by atoms with Gasteiger partial charge >= 0.3 is 5.97 Å². The molecule has 0 bridgehead atoms. The first-order valence-electron chi connectivity index (χ1n) is 11.9. The van der Waals surface area contributed by atoms with E-state index in [1.165, 1.54) is 0 Å². The fourth-order valence-corrected chi connectivity index (χ4v) is 4.09. The van der Waals surface area contributed by atoms with Crippen molar-refractivity contribution in [1.82, 2.24) is 0 Å². The number of hydrogen-bond acceptors (Lipinski definition) is 4. The van der Waals surface area contributed by atoms with Crippen molar-refractivity contribution in [2.45, 2.75) is 65.9 Å². The van der Waals surface area contributed by atoms with Gasteiger partial charge < -0.3 is 4.74 Å². The van der Waals surface area contributed by atoms with Crippen LogP contribution in [0.2, 0.25) is 0 Å². The average Bonchev–Trinajstić information content (AvgIpc) is 2.81. The Labute approximate surface area is 202 Å². The SMILES string of the molecule is CC(C)=C(Cc1ccc(C(=O)c2ccccc2)cc1)C(=O)C1=CC(C(=O)OC(C)(C)C)CCC1. The molecule has 4 nitrogen and oxygen atoms in total. The van der Waals surface area contributed by atoms with Gasteiger partial charge in [0.05, 0.1) is 5.92 Å². The number of hydrogen-bond donors (Lipinski definition) is 0. The Morgan fingerprint density at radius 3 is 2.12 bits per heavy atom. The molecule has 2 aromatic rings. The summed E-state index contributed by atoms with van der Waals surface area (Å²) < 4.78 is 5.54. The molecule has 0 aromatic heterocycles. The van der Waals surface area contributed by atoms with E-state index < -0.39 is 5.60 Å². The average molecular weight is 459 g/mol. The fourth-order valence-electron chi connectivity index (χ4n) is 4.09. The summed E-state index contributed by atoms with van der Waals surface area (Å²) in [6.45, 7) is 9.43. The molecule has 0 heterocycles. The number of esters is 1. The molecular formula is C30H34O4. The van der Waals surface area contributed by atoms with Gasteiger partial charge in [-0.2, -0.15) is 0 Å². The number of ether oxygens (including phenoxy) is 1. The summed E-state index contributed by atoms with van der Waals surface area (Å²) in [5.74, 6) is -0.674. The summed E-state index contributed by atoms with van der Waals surface area (Å²) in [4.78, 5) is 38.6. The second kappa shape index (κ2) is 10.8. The lowest BCUT2D eigenvalue weighted by atomic mass is 9.84. The van der Waals surface area contributed by atoms with Crippen molar-refractivity contribution in [3.8, 4) is 0 Å². The van der Waals surface area contributed by atoms with Gasteiger partial charge in [-0.3, -0.25) is 14.4 Å². The summed E-state index contributed by atoms with van der Waals surface area (Å²) in [5.41, 5.74) is 4.07. The highest BCUT2D eigenvalue weighted by molar-refractivity contribution is 6.10. The molecule has 4 heteroatoms. The third-order valence-electron chi connectivity index (χ3n) is 5.88. The van der Waals surface area contributed by atoms with E-state index >= 15 is 0 Å². The van der Waals surface area contributed by atoms with Crippen molar-refractivity contribution in [2.24, 2.45) is 5.92 Å². The van der Waals surface area contributed by atoms with E-state index in [-0.39, 0.29) is 23.5 Å². The molecule has 3 rings (SSSR count). The molecule has 1 aliphatic carbocycles. The zero-order chi connectivity index (χ0) is 24.9. The van der Waals surface area contributed by atoms with Crippen LogP contribution in [0.15, 0.2) is 77.4 Å². The van der Waals surface area contributed by atoms with Crippen molar-refractivity contribution >= 4 is 17.5 Å². The van der Waals surface area contributed by atoms with Gasteiger partial charge in [0.1, 0.15) is 5.60 Å². The lowest BCUT2D eigenvalue weighted by Crippen LogP contribution is -2.29. The van der Waals surface area contributed by atoms with Crippen LogP contribution in [-0.2, 0) is 20.7 Å². The summed E-state index contributed by atoms with van der Waals surface area (Å²) in [7, 11) is 0. The van der Waals surface area contributed by atoms with Crippen molar-refractivity contribution in [3.63, 3.8) is 0 Å². The van der Waals surface area contributed by atoms with Gasteiger partial charge in [-0.25, -0.2) is 0 Å². The molecule has 1 atom stereocenters. The van der Waals surface area contributed by atoms with Crippen LogP contribution in [0, 0.1) is 5.92 Å². The van der Waals surface area contributed by atoms with Gasteiger partial charge in [-0.05, 0) is 65.0 Å². The summed E-state index contributed by atoms with van der Waals surface area (Å²) in [5, 5.41) is 0. The first kappa shape index (κ1) is 25.4. The predicted molar refractivity (Wildman–Crippen MR) is 135 cm³/mol. The number of carbonyl (C=O) groups excluding carboxylic acids is 3. The first-order chi connectivity index (χ1) is 16.0. The lowest BCUT2D eigenvalue weighted by molar-refractivity contribution is -0.158. The van der Waals surface area contributed by atoms with E-state index in [9.17, 15) is 14.4 Å². The maximum atomic E-state index is 13.4. The Balaban J connectivity index is 1.75. The minimum Gasteiger partial charge on any atom is -0.460 e. The molecule has 2 aromatic carbocycles. The standard InChI is InChI=1S/C30H34O4/c1-20(2)26(28(32)24-12-9-13-25(19-24)29(33)34-30(3,4)5)18-21-14-16-23(17-15-21)27(31)22-10-7-6-8-11-22/h6-8,10-11,14-17,19,25H,9,12-13,18H2,1-5H3. The van der Waals surface area contributed by atoms with Gasteiger partial charge in [0, 0.05) is 23.1 Å². The second-order valence-corrected chi connectivity index (χ2v) is 10.1. The quantitative estimate of drug-likeness (QED) is 0.272. The number of allylic oxidation sites excluding steroid dienone is 3. The lowest BCUT2D eigenvalue weighted by Gasteiger charge is -2.25. The summed E-state index contributed by atoms with van der Waals surface area (Å²) in [6, 6.07) is 16.6. The zero-order valence-corrected chi connectivity index (χ0v) is 20.8. The Morgan fingerprint density at radius 1 is 0.912 bits per heavy atom. The molecule has 34 heavy (non-hydrogen) atoms. The monoisotopic (exact) mass is 458 g/mol. The van der Waals surface area contributed by atoms with Gasteiger partial charge in [-0.15, -0.1) is 0 Å². The van der Waals surface area contributed by atoms with Crippen molar-refractivity contribution < 1.29 is 19.1 Å². The minimum atomic E-state index is -0.550. The number of Topliss-reactive ketones (excluding diaryl/α,β-unsaturated/α-hetero) is 1. The summed E-state index contributed by atoms with van der Waals surface area (Å²) >= 11 is 0. The minimum absolute atomic E-state index is 0.00213. The Kier molecular flexibility index (Phi) is 8.03. The van der Waals surface area contributed by atoms with E-state index in [4.69, 9.17) is 4.74 Å². The van der Waals surface area contributed by atoms with Crippen molar-refractivity contribution in [2.75, 3.05) is 0 Å². The third kappa shape index (κ3) is 6.63. The highest BCUT2D eigenvalue weighted by Gasteiger charge is 2.28. The fraction of sp³-hybridized carbons (Fsp3) is 0.367. The molecule has 0 fully saturated rings. The molecule has 0 N–H and O–H groups in total. The van der Waals surface area contributed by atoms with Crippen LogP contribution in [0.3, 0.4) is 0 Å². The topological polar surface area (TPSA) is 60.4 Å². The molecule has 0 aliphatic heterocycles. The highest BCUT2D eigenvalue weighted by Crippen LogP contribution is 2.29. The van der Waals surface area contributed by atoms with E-state index in [1.807, 2.05) is 83.2 Å². The molecule has 178 valence electrons. The molecule has 1 aliphatic rings. The van der Waals surface area contributed by atoms with Gasteiger partial charge in [0.15, 0.2) is 11.6 Å². The molecular weight excluding hydrogens is 424 g/mol. The second-order valence-electron chi connectivity index (χ2n) is 10.1. The molecule has 0 radical (unpaired) electrons. The molecule has 1 unspecified atom stereocenters. The third-order valence-corrected chi connectivity index (χ3v) is 5.88. The van der Waals surface area contributed by atoms with E-state index in [1.54, 1.807) is 12.1 Å². The van der Waals surface area contributed by atoms with Gasteiger partial charge in [0.2, 0.25) is 0 Å². The maximum Gasteiger partial charge on any atom is 0.313 e. The zero-order valence-electron chi connectivity index (χ0n) is 20.8. The number of rotatable bonds is 7. The molecule has 0 saturated heterocycles. The van der Waals surface area contributed by atoms with Crippen LogP contribution in [-0.4, -0.2) is 23.1 Å². The first-order valence-corrected chi connectivity index (χ1v) is 11.9. The van der Waals surface area contributed by atoms with Crippen molar-refractivity contribution in [3.05, 3.63) is 94.1 Å². The number of benzene rings is 2. The number of ketones is 2. The van der Waals surface area contributed by atoms with Crippen LogP contribution in [0.5, 0.6) is 0 Å². The Hall–Kier alpha value is -3.27. The van der Waals surface area contributed by atoms with Gasteiger partial charge in [-0.1, -0.05) is 66.2 Å². The van der Waals surface area contributed by atoms with Crippen LogP contribution in [0.1, 0.15) is 75.4 Å².